The third-order valence-electron chi connectivity index (χ3n) is 5.66. The van der Waals surface area contributed by atoms with E-state index in [1.54, 1.807) is 4.68 Å². The number of carboxylic acids is 1. The molecular weight excluding hydrogens is 318 g/mol. The van der Waals surface area contributed by atoms with Gasteiger partial charge in [-0.25, -0.2) is 4.79 Å². The summed E-state index contributed by atoms with van der Waals surface area (Å²) in [6.07, 6.45) is 15.2. The lowest BCUT2D eigenvalue weighted by Gasteiger charge is -2.42. The van der Waals surface area contributed by atoms with Crippen molar-refractivity contribution in [1.82, 2.24) is 14.7 Å². The molecule has 0 aliphatic heterocycles. The summed E-state index contributed by atoms with van der Waals surface area (Å²) >= 11 is 0. The van der Waals surface area contributed by atoms with E-state index in [1.807, 2.05) is 0 Å². The molecule has 2 fully saturated rings. The van der Waals surface area contributed by atoms with Crippen molar-refractivity contribution in [2.75, 3.05) is 0 Å². The molecule has 0 bridgehead atoms. The van der Waals surface area contributed by atoms with Gasteiger partial charge in [0.25, 0.3) is 0 Å². The first-order chi connectivity index (χ1) is 12.1. The van der Waals surface area contributed by atoms with Crippen LogP contribution in [0.3, 0.4) is 0 Å². The second kappa shape index (κ2) is 8.50. The molecule has 1 amide bonds. The summed E-state index contributed by atoms with van der Waals surface area (Å²) in [4.78, 5) is 26.2. The molecule has 0 aromatic carbocycles. The summed E-state index contributed by atoms with van der Waals surface area (Å²) in [7, 11) is 0. The summed E-state index contributed by atoms with van der Waals surface area (Å²) in [5.41, 5.74) is 0.170. The predicted octanol–water partition coefficient (Wildman–Crippen LogP) is 3.47. The van der Waals surface area contributed by atoms with Crippen molar-refractivity contribution >= 4 is 11.9 Å². The zero-order chi connectivity index (χ0) is 17.6. The molecule has 2 aliphatic rings. The van der Waals surface area contributed by atoms with Crippen molar-refractivity contribution < 1.29 is 14.7 Å². The van der Waals surface area contributed by atoms with Crippen molar-refractivity contribution in [3.63, 3.8) is 0 Å². The molecule has 2 saturated carbocycles. The van der Waals surface area contributed by atoms with E-state index >= 15 is 0 Å². The van der Waals surface area contributed by atoms with Gasteiger partial charge in [0.15, 0.2) is 0 Å². The van der Waals surface area contributed by atoms with Crippen molar-refractivity contribution in [1.29, 1.82) is 0 Å². The van der Waals surface area contributed by atoms with E-state index in [2.05, 4.69) is 10.00 Å². The van der Waals surface area contributed by atoms with Crippen molar-refractivity contribution in [3.8, 4) is 0 Å². The number of carbonyl (C=O) groups excluding carboxylic acids is 1. The van der Waals surface area contributed by atoms with Crippen molar-refractivity contribution in [3.05, 3.63) is 18.0 Å². The molecular formula is C19H29N3O3. The number of hydrogen-bond acceptors (Lipinski definition) is 3. The Morgan fingerprint density at radius 1 is 1.04 bits per heavy atom. The van der Waals surface area contributed by atoms with E-state index in [9.17, 15) is 9.59 Å². The van der Waals surface area contributed by atoms with Crippen molar-refractivity contribution in [2.24, 2.45) is 0 Å². The number of hydrogen-bond donors (Lipinski definition) is 1. The lowest BCUT2D eigenvalue weighted by Crippen LogP contribution is -2.49. The highest BCUT2D eigenvalue weighted by molar-refractivity contribution is 5.86. The molecule has 6 nitrogen and oxygen atoms in total. The molecule has 2 aliphatic carbocycles. The van der Waals surface area contributed by atoms with E-state index in [0.717, 1.165) is 25.7 Å². The average molecular weight is 347 g/mol. The first-order valence-electron chi connectivity index (χ1n) is 9.72. The minimum Gasteiger partial charge on any atom is -0.478 e. The highest BCUT2D eigenvalue weighted by atomic mass is 16.4. The quantitative estimate of drug-likeness (QED) is 0.855. The second-order valence-electron chi connectivity index (χ2n) is 7.43. The number of carbonyl (C=O) groups is 2. The Morgan fingerprint density at radius 3 is 2.08 bits per heavy atom. The largest absolute Gasteiger partial charge is 0.478 e. The van der Waals surface area contributed by atoms with Gasteiger partial charge in [-0.15, -0.1) is 0 Å². The van der Waals surface area contributed by atoms with E-state index in [-0.39, 0.29) is 11.5 Å². The molecule has 0 radical (unpaired) electrons. The minimum atomic E-state index is -0.983. The van der Waals surface area contributed by atoms with Gasteiger partial charge in [0, 0.05) is 31.2 Å². The Hall–Kier alpha value is -1.85. The molecule has 1 heterocycles. The number of nitrogens with zero attached hydrogens (tertiary/aromatic N) is 3. The number of aryl methyl sites for hydroxylation is 1. The second-order valence-corrected chi connectivity index (χ2v) is 7.43. The molecule has 1 aromatic heterocycles. The van der Waals surface area contributed by atoms with Crippen LogP contribution < -0.4 is 0 Å². The number of aromatic carboxylic acids is 1. The first kappa shape index (κ1) is 18.0. The van der Waals surface area contributed by atoms with Crippen LogP contribution in [0.15, 0.2) is 12.4 Å². The van der Waals surface area contributed by atoms with E-state index in [0.29, 0.717) is 25.0 Å². The molecule has 0 spiro atoms. The fraction of sp³-hybridized carbons (Fsp3) is 0.737. The fourth-order valence-electron chi connectivity index (χ4n) is 4.36. The van der Waals surface area contributed by atoms with Gasteiger partial charge in [0.1, 0.15) is 0 Å². The normalized spacial score (nSPS) is 19.7. The average Bonchev–Trinajstić information content (AvgIpc) is 3.11. The van der Waals surface area contributed by atoms with Gasteiger partial charge in [-0.05, 0) is 25.7 Å². The third-order valence-corrected chi connectivity index (χ3v) is 5.66. The van der Waals surface area contributed by atoms with Crippen molar-refractivity contribution in [2.45, 2.75) is 89.3 Å². The van der Waals surface area contributed by atoms with Crippen LogP contribution in [-0.2, 0) is 11.3 Å². The van der Waals surface area contributed by atoms with Crippen LogP contribution >= 0.6 is 0 Å². The summed E-state index contributed by atoms with van der Waals surface area (Å²) in [6.45, 7) is 0.446. The highest BCUT2D eigenvalue weighted by Crippen LogP contribution is 2.30. The van der Waals surface area contributed by atoms with Crippen LogP contribution in [0.5, 0.6) is 0 Å². The van der Waals surface area contributed by atoms with Gasteiger partial charge < -0.3 is 10.0 Å². The van der Waals surface area contributed by atoms with E-state index in [4.69, 9.17) is 5.11 Å². The third kappa shape index (κ3) is 4.61. The maximum atomic E-state index is 13.0. The molecule has 25 heavy (non-hydrogen) atoms. The van der Waals surface area contributed by atoms with Crippen LogP contribution in [0.1, 0.15) is 81.0 Å². The fourth-order valence-corrected chi connectivity index (χ4v) is 4.36. The number of aromatic nitrogens is 2. The number of carboxylic acid groups (broad SMARTS) is 1. The van der Waals surface area contributed by atoms with Crippen LogP contribution in [-0.4, -0.2) is 43.7 Å². The van der Waals surface area contributed by atoms with Gasteiger partial charge >= 0.3 is 5.97 Å². The Bertz CT molecular complexity index is 568. The molecule has 1 N–H and O–H groups in total. The Labute approximate surface area is 149 Å². The van der Waals surface area contributed by atoms with Gasteiger partial charge in [0.05, 0.1) is 11.8 Å². The Morgan fingerprint density at radius 2 is 1.60 bits per heavy atom. The molecule has 0 atom stereocenters. The van der Waals surface area contributed by atoms with Gasteiger partial charge in [-0.2, -0.15) is 5.10 Å². The summed E-state index contributed by atoms with van der Waals surface area (Å²) < 4.78 is 1.57. The van der Waals surface area contributed by atoms with Crippen LogP contribution in [0.2, 0.25) is 0 Å². The van der Waals surface area contributed by atoms with Crippen LogP contribution in [0, 0.1) is 0 Å². The zero-order valence-electron chi connectivity index (χ0n) is 14.9. The maximum Gasteiger partial charge on any atom is 0.338 e. The molecule has 0 saturated heterocycles. The lowest BCUT2D eigenvalue weighted by molar-refractivity contribution is -0.138. The topological polar surface area (TPSA) is 75.4 Å². The zero-order valence-corrected chi connectivity index (χ0v) is 14.9. The van der Waals surface area contributed by atoms with Crippen LogP contribution in [0.4, 0.5) is 0 Å². The van der Waals surface area contributed by atoms with Crippen LogP contribution in [0.25, 0.3) is 0 Å². The minimum absolute atomic E-state index is 0.170. The predicted molar refractivity (Wildman–Crippen MR) is 94.4 cm³/mol. The SMILES string of the molecule is O=C(O)c1cnn(CCC(=O)N(C2CCCCC2)C2CCCCC2)c1. The van der Waals surface area contributed by atoms with Gasteiger partial charge in [-0.3, -0.25) is 9.48 Å². The van der Waals surface area contributed by atoms with Gasteiger partial charge in [0.2, 0.25) is 5.91 Å². The number of rotatable bonds is 6. The maximum absolute atomic E-state index is 13.0. The Balaban J connectivity index is 1.63. The molecule has 6 heteroatoms. The summed E-state index contributed by atoms with van der Waals surface area (Å²) in [6, 6.07) is 0.799. The molecule has 0 unspecified atom stereocenters. The van der Waals surface area contributed by atoms with Gasteiger partial charge in [-0.1, -0.05) is 38.5 Å². The smallest absolute Gasteiger partial charge is 0.338 e. The summed E-state index contributed by atoms with van der Waals surface area (Å²) in [5.74, 6) is -0.769. The lowest BCUT2D eigenvalue weighted by atomic mass is 9.88. The van der Waals surface area contributed by atoms with E-state index < -0.39 is 5.97 Å². The molecule has 138 valence electrons. The summed E-state index contributed by atoms with van der Waals surface area (Å²) in [5, 5.41) is 13.0. The highest BCUT2D eigenvalue weighted by Gasteiger charge is 2.32. The monoisotopic (exact) mass is 347 g/mol. The Kier molecular flexibility index (Phi) is 6.10. The number of amides is 1. The molecule has 3 rings (SSSR count). The standard InChI is InChI=1S/C19H29N3O3/c23-18(11-12-21-14-15(13-20-21)19(24)25)22(16-7-3-1-4-8-16)17-9-5-2-6-10-17/h13-14,16-17H,1-12H2,(H,24,25). The first-order valence-corrected chi connectivity index (χ1v) is 9.72. The molecule has 1 aromatic rings. The van der Waals surface area contributed by atoms with E-state index in [1.165, 1.54) is 50.9 Å².